The van der Waals surface area contributed by atoms with E-state index in [2.05, 4.69) is 21.2 Å². The molecule has 1 aliphatic heterocycles. The van der Waals surface area contributed by atoms with Crippen molar-refractivity contribution in [1.29, 1.82) is 0 Å². The summed E-state index contributed by atoms with van der Waals surface area (Å²) < 4.78 is 22.1. The summed E-state index contributed by atoms with van der Waals surface area (Å²) in [4.78, 5) is 24.6. The molecule has 9 nitrogen and oxygen atoms in total. The quantitative estimate of drug-likeness (QED) is 0.460. The number of nitro groups is 1. The number of hydrogen-bond donors (Lipinski definition) is 1. The van der Waals surface area contributed by atoms with E-state index in [0.717, 1.165) is 10.0 Å². The fraction of sp³-hybridized carbons (Fsp3) is 0.381. The highest BCUT2D eigenvalue weighted by atomic mass is 79.9. The molecule has 1 aliphatic rings. The number of nitro benzene ring substituents is 1. The van der Waals surface area contributed by atoms with Crippen LogP contribution in [0.25, 0.3) is 0 Å². The second kappa shape index (κ2) is 9.52. The van der Waals surface area contributed by atoms with Gasteiger partial charge in [0.05, 0.1) is 31.8 Å². The van der Waals surface area contributed by atoms with Crippen LogP contribution in [0.5, 0.6) is 17.2 Å². The van der Waals surface area contributed by atoms with Crippen molar-refractivity contribution in [2.24, 2.45) is 0 Å². The Kier molecular flexibility index (Phi) is 7.01. The Bertz CT molecular complexity index is 990. The third kappa shape index (κ3) is 4.45. The van der Waals surface area contributed by atoms with Crippen LogP contribution in [0.1, 0.15) is 28.8 Å². The van der Waals surface area contributed by atoms with Crippen LogP contribution in [0.15, 0.2) is 34.8 Å². The monoisotopic (exact) mass is 494 g/mol. The zero-order valence-electron chi connectivity index (χ0n) is 17.4. The van der Waals surface area contributed by atoms with Gasteiger partial charge in [-0.25, -0.2) is 0 Å². The van der Waals surface area contributed by atoms with E-state index in [-0.39, 0.29) is 22.8 Å². The SMILES string of the molecule is COc1cc(C(=O)NC2(c3cccc(Br)c3)CCOCC2)c([N+](=O)[O-])c(OC)c1OC. The highest BCUT2D eigenvalue weighted by Gasteiger charge is 2.39. The molecule has 0 unspecified atom stereocenters. The molecule has 0 bridgehead atoms. The summed E-state index contributed by atoms with van der Waals surface area (Å²) in [6.45, 7) is 0.897. The number of halogens is 1. The maximum absolute atomic E-state index is 13.4. The maximum atomic E-state index is 13.4. The van der Waals surface area contributed by atoms with Crippen molar-refractivity contribution in [3.63, 3.8) is 0 Å². The summed E-state index contributed by atoms with van der Waals surface area (Å²) in [7, 11) is 3.99. The molecule has 1 N–H and O–H groups in total. The first-order chi connectivity index (χ1) is 14.9. The number of nitrogens with one attached hydrogen (secondary N) is 1. The molecule has 166 valence electrons. The summed E-state index contributed by atoms with van der Waals surface area (Å²) in [6.07, 6.45) is 1.04. The lowest BCUT2D eigenvalue weighted by molar-refractivity contribution is -0.386. The molecule has 0 saturated carbocycles. The lowest BCUT2D eigenvalue weighted by Crippen LogP contribution is -2.49. The predicted molar refractivity (Wildman–Crippen MR) is 116 cm³/mol. The van der Waals surface area contributed by atoms with Crippen molar-refractivity contribution >= 4 is 27.5 Å². The summed E-state index contributed by atoms with van der Waals surface area (Å²) in [5.74, 6) is -0.604. The minimum Gasteiger partial charge on any atom is -0.493 e. The molecule has 0 aliphatic carbocycles. The number of ether oxygens (including phenoxy) is 4. The van der Waals surface area contributed by atoms with Gasteiger partial charge in [0.25, 0.3) is 5.91 Å². The zero-order chi connectivity index (χ0) is 22.6. The van der Waals surface area contributed by atoms with Crippen LogP contribution in [0.4, 0.5) is 5.69 Å². The lowest BCUT2D eigenvalue weighted by Gasteiger charge is -2.38. The van der Waals surface area contributed by atoms with Crippen LogP contribution in [0.3, 0.4) is 0 Å². The van der Waals surface area contributed by atoms with Gasteiger partial charge in [-0.2, -0.15) is 0 Å². The molecule has 10 heteroatoms. The molecule has 0 spiro atoms. The van der Waals surface area contributed by atoms with E-state index >= 15 is 0 Å². The van der Waals surface area contributed by atoms with Gasteiger partial charge in [-0.3, -0.25) is 14.9 Å². The number of amides is 1. The fourth-order valence-corrected chi connectivity index (χ4v) is 4.17. The Labute approximate surface area is 187 Å². The second-order valence-corrected chi connectivity index (χ2v) is 7.87. The molecule has 31 heavy (non-hydrogen) atoms. The van der Waals surface area contributed by atoms with E-state index in [4.69, 9.17) is 18.9 Å². The standard InChI is InChI=1S/C21H23BrN2O7/c1-28-16-12-15(17(24(26)27)19(30-3)18(16)29-2)20(25)23-21(7-9-31-10-8-21)13-5-4-6-14(22)11-13/h4-6,11-12H,7-10H2,1-3H3,(H,23,25). The van der Waals surface area contributed by atoms with Gasteiger partial charge in [0.1, 0.15) is 5.56 Å². The summed E-state index contributed by atoms with van der Waals surface area (Å²) in [5, 5.41) is 14.9. The van der Waals surface area contributed by atoms with Gasteiger partial charge >= 0.3 is 5.69 Å². The van der Waals surface area contributed by atoms with Gasteiger partial charge in [0, 0.05) is 23.8 Å². The zero-order valence-corrected chi connectivity index (χ0v) is 19.0. The molecule has 1 amide bonds. The number of carbonyl (C=O) groups excluding carboxylic acids is 1. The van der Waals surface area contributed by atoms with E-state index < -0.39 is 22.1 Å². The largest absolute Gasteiger partial charge is 0.493 e. The minimum absolute atomic E-state index is 0.0426. The summed E-state index contributed by atoms with van der Waals surface area (Å²) in [5.41, 5.74) is -0.531. The van der Waals surface area contributed by atoms with Gasteiger partial charge in [0.2, 0.25) is 11.5 Å². The Morgan fingerprint density at radius 1 is 1.13 bits per heavy atom. The van der Waals surface area contributed by atoms with E-state index in [1.807, 2.05) is 24.3 Å². The Morgan fingerprint density at radius 3 is 2.35 bits per heavy atom. The van der Waals surface area contributed by atoms with Crippen LogP contribution in [-0.2, 0) is 10.3 Å². The molecule has 2 aromatic carbocycles. The smallest absolute Gasteiger partial charge is 0.327 e. The van der Waals surface area contributed by atoms with Crippen LogP contribution in [0, 0.1) is 10.1 Å². The average Bonchev–Trinajstić information content (AvgIpc) is 2.77. The van der Waals surface area contributed by atoms with Crippen LogP contribution >= 0.6 is 15.9 Å². The number of benzene rings is 2. The fourth-order valence-electron chi connectivity index (χ4n) is 3.77. The number of rotatable bonds is 7. The Balaban J connectivity index is 2.11. The van der Waals surface area contributed by atoms with E-state index in [1.54, 1.807) is 0 Å². The minimum atomic E-state index is -0.743. The normalized spacial score (nSPS) is 15.1. The highest BCUT2D eigenvalue weighted by Crippen LogP contribution is 2.46. The number of methoxy groups -OCH3 is 3. The van der Waals surface area contributed by atoms with Gasteiger partial charge in [-0.05, 0) is 30.5 Å². The highest BCUT2D eigenvalue weighted by molar-refractivity contribution is 9.10. The molecule has 1 saturated heterocycles. The van der Waals surface area contributed by atoms with Crippen molar-refractivity contribution in [2.75, 3.05) is 34.5 Å². The molecular weight excluding hydrogens is 472 g/mol. The molecule has 1 heterocycles. The van der Waals surface area contributed by atoms with Crippen molar-refractivity contribution < 1.29 is 28.7 Å². The Hall–Kier alpha value is -2.85. The maximum Gasteiger partial charge on any atom is 0.327 e. The first-order valence-electron chi connectivity index (χ1n) is 9.50. The summed E-state index contributed by atoms with van der Waals surface area (Å²) >= 11 is 3.47. The third-order valence-corrected chi connectivity index (χ3v) is 5.80. The first kappa shape index (κ1) is 22.8. The van der Waals surface area contributed by atoms with E-state index in [9.17, 15) is 14.9 Å². The van der Waals surface area contributed by atoms with Crippen LogP contribution in [0.2, 0.25) is 0 Å². The topological polar surface area (TPSA) is 109 Å². The van der Waals surface area contributed by atoms with Crippen LogP contribution < -0.4 is 19.5 Å². The van der Waals surface area contributed by atoms with Crippen molar-refractivity contribution in [2.45, 2.75) is 18.4 Å². The number of carbonyl (C=O) groups is 1. The molecule has 0 radical (unpaired) electrons. The molecule has 0 atom stereocenters. The molecule has 2 aromatic rings. The molecule has 3 rings (SSSR count). The number of hydrogen-bond acceptors (Lipinski definition) is 7. The van der Waals surface area contributed by atoms with E-state index in [0.29, 0.717) is 26.1 Å². The molecule has 0 aromatic heterocycles. The predicted octanol–water partition coefficient (Wildman–Crippen LogP) is 3.82. The van der Waals surface area contributed by atoms with Crippen LogP contribution in [-0.4, -0.2) is 45.4 Å². The number of nitrogens with zero attached hydrogens (tertiary/aromatic N) is 1. The van der Waals surface area contributed by atoms with Crippen molar-refractivity contribution in [3.8, 4) is 17.2 Å². The second-order valence-electron chi connectivity index (χ2n) is 6.96. The first-order valence-corrected chi connectivity index (χ1v) is 10.3. The summed E-state index contributed by atoms with van der Waals surface area (Å²) in [6, 6.07) is 8.91. The van der Waals surface area contributed by atoms with Gasteiger partial charge in [-0.1, -0.05) is 28.1 Å². The van der Waals surface area contributed by atoms with Gasteiger partial charge in [0.15, 0.2) is 5.75 Å². The van der Waals surface area contributed by atoms with Gasteiger partial charge in [-0.15, -0.1) is 0 Å². The average molecular weight is 495 g/mol. The molecule has 1 fully saturated rings. The van der Waals surface area contributed by atoms with E-state index in [1.165, 1.54) is 27.4 Å². The third-order valence-electron chi connectivity index (χ3n) is 5.31. The Morgan fingerprint density at radius 2 is 1.81 bits per heavy atom. The van der Waals surface area contributed by atoms with Crippen molar-refractivity contribution in [3.05, 3.63) is 56.0 Å². The van der Waals surface area contributed by atoms with Gasteiger partial charge < -0.3 is 24.3 Å². The lowest BCUT2D eigenvalue weighted by atomic mass is 9.82. The molecular formula is C21H23BrN2O7. The van der Waals surface area contributed by atoms with Crippen molar-refractivity contribution in [1.82, 2.24) is 5.32 Å².